The van der Waals surface area contributed by atoms with Gasteiger partial charge in [-0.25, -0.2) is 4.68 Å². The Hall–Kier alpha value is -2.58. The Morgan fingerprint density at radius 2 is 2.14 bits per heavy atom. The molecule has 0 saturated heterocycles. The predicted octanol–water partition coefficient (Wildman–Crippen LogP) is 1.78. The minimum atomic E-state index is -0.178. The molecule has 0 aliphatic heterocycles. The number of aliphatic hydroxyl groups excluding tert-OH is 1. The molecular formula is C14H13N5O2S. The lowest BCUT2D eigenvalue weighted by molar-refractivity contribution is 0.102. The van der Waals surface area contributed by atoms with Gasteiger partial charge in [0, 0.05) is 11.1 Å². The largest absolute Gasteiger partial charge is 0.390 e. The number of nitrogens with one attached hydrogen (secondary N) is 1. The summed E-state index contributed by atoms with van der Waals surface area (Å²) in [5.41, 5.74) is 3.27. The van der Waals surface area contributed by atoms with E-state index in [-0.39, 0.29) is 12.5 Å². The van der Waals surface area contributed by atoms with E-state index in [1.54, 1.807) is 35.3 Å². The molecule has 2 aromatic heterocycles. The molecule has 0 unspecified atom stereocenters. The number of hydrogen-bond acceptors (Lipinski definition) is 6. The summed E-state index contributed by atoms with van der Waals surface area (Å²) >= 11 is 1.26. The standard InChI is InChI=1S/C14H13N5O2S/c1-9-13(8-22-17-9)14(21)15-10-2-4-12(5-3-10)19-6-11(7-20)16-18-19/h2-6,8,20H,7H2,1H3,(H,15,21). The first-order valence-electron chi connectivity index (χ1n) is 6.52. The Bertz CT molecular complexity index is 794. The summed E-state index contributed by atoms with van der Waals surface area (Å²) in [6.07, 6.45) is 1.65. The summed E-state index contributed by atoms with van der Waals surface area (Å²) in [6.45, 7) is 1.65. The number of benzene rings is 1. The van der Waals surface area contributed by atoms with Gasteiger partial charge in [-0.15, -0.1) is 5.10 Å². The topological polar surface area (TPSA) is 92.9 Å². The molecule has 0 aliphatic carbocycles. The average Bonchev–Trinajstić information content (AvgIpc) is 3.16. The molecule has 1 aromatic carbocycles. The number of carbonyl (C=O) groups is 1. The number of hydrogen-bond donors (Lipinski definition) is 2. The van der Waals surface area contributed by atoms with Crippen LogP contribution in [0.15, 0.2) is 35.8 Å². The maximum atomic E-state index is 12.1. The van der Waals surface area contributed by atoms with Gasteiger partial charge in [0.05, 0.1) is 29.7 Å². The lowest BCUT2D eigenvalue weighted by Crippen LogP contribution is -2.12. The fraction of sp³-hybridized carbons (Fsp3) is 0.143. The summed E-state index contributed by atoms with van der Waals surface area (Å²) in [5, 5.41) is 21.3. The number of aliphatic hydroxyl groups is 1. The van der Waals surface area contributed by atoms with Crippen molar-refractivity contribution in [2.24, 2.45) is 0 Å². The van der Waals surface area contributed by atoms with Crippen molar-refractivity contribution in [1.29, 1.82) is 0 Å². The minimum absolute atomic E-state index is 0.151. The molecular weight excluding hydrogens is 302 g/mol. The third-order valence-corrected chi connectivity index (χ3v) is 3.81. The fourth-order valence-electron chi connectivity index (χ4n) is 1.90. The number of carbonyl (C=O) groups excluding carboxylic acids is 1. The van der Waals surface area contributed by atoms with E-state index in [9.17, 15) is 4.79 Å². The normalized spacial score (nSPS) is 10.6. The Kier molecular flexibility index (Phi) is 3.94. The first-order valence-corrected chi connectivity index (χ1v) is 7.36. The average molecular weight is 315 g/mol. The van der Waals surface area contributed by atoms with Gasteiger partial charge in [-0.05, 0) is 42.7 Å². The van der Waals surface area contributed by atoms with Crippen LogP contribution in [0.5, 0.6) is 0 Å². The number of rotatable bonds is 4. The minimum Gasteiger partial charge on any atom is -0.390 e. The van der Waals surface area contributed by atoms with Crippen molar-refractivity contribution in [3.8, 4) is 5.69 Å². The van der Waals surface area contributed by atoms with Crippen LogP contribution in [0.1, 0.15) is 21.7 Å². The zero-order valence-electron chi connectivity index (χ0n) is 11.7. The molecule has 0 aliphatic rings. The maximum absolute atomic E-state index is 12.1. The summed E-state index contributed by atoms with van der Waals surface area (Å²) < 4.78 is 5.64. The quantitative estimate of drug-likeness (QED) is 0.765. The van der Waals surface area contributed by atoms with E-state index in [4.69, 9.17) is 5.11 Å². The highest BCUT2D eigenvalue weighted by molar-refractivity contribution is 7.04. The zero-order valence-corrected chi connectivity index (χ0v) is 12.5. The molecule has 0 fully saturated rings. The molecule has 3 rings (SSSR count). The maximum Gasteiger partial charge on any atom is 0.258 e. The van der Waals surface area contributed by atoms with Crippen molar-refractivity contribution >= 4 is 23.1 Å². The van der Waals surface area contributed by atoms with E-state index >= 15 is 0 Å². The Labute approximate surface area is 130 Å². The highest BCUT2D eigenvalue weighted by Gasteiger charge is 2.11. The second-order valence-corrected chi connectivity index (χ2v) is 5.26. The molecule has 0 saturated carbocycles. The first kappa shape index (κ1) is 14.4. The molecule has 112 valence electrons. The first-order chi connectivity index (χ1) is 10.7. The SMILES string of the molecule is Cc1nscc1C(=O)Nc1ccc(-n2cc(CO)nn2)cc1. The van der Waals surface area contributed by atoms with Gasteiger partial charge in [-0.3, -0.25) is 4.79 Å². The molecule has 0 atom stereocenters. The van der Waals surface area contributed by atoms with E-state index in [1.165, 1.54) is 11.5 Å². The molecule has 8 heteroatoms. The van der Waals surface area contributed by atoms with Crippen molar-refractivity contribution < 1.29 is 9.90 Å². The van der Waals surface area contributed by atoms with Crippen molar-refractivity contribution in [2.75, 3.05) is 5.32 Å². The highest BCUT2D eigenvalue weighted by Crippen LogP contribution is 2.16. The van der Waals surface area contributed by atoms with Crippen LogP contribution in [-0.4, -0.2) is 30.4 Å². The molecule has 0 spiro atoms. The van der Waals surface area contributed by atoms with Gasteiger partial charge in [0.1, 0.15) is 5.69 Å². The second-order valence-electron chi connectivity index (χ2n) is 4.63. The van der Waals surface area contributed by atoms with Gasteiger partial charge in [-0.2, -0.15) is 4.37 Å². The van der Waals surface area contributed by atoms with Crippen LogP contribution in [0.3, 0.4) is 0 Å². The van der Waals surface area contributed by atoms with E-state index in [0.29, 0.717) is 16.9 Å². The van der Waals surface area contributed by atoms with Crippen LogP contribution in [0.25, 0.3) is 5.69 Å². The summed E-state index contributed by atoms with van der Waals surface area (Å²) in [6, 6.07) is 7.18. The van der Waals surface area contributed by atoms with E-state index in [0.717, 1.165) is 11.4 Å². The predicted molar refractivity (Wildman–Crippen MR) is 82.1 cm³/mol. The molecule has 2 heterocycles. The number of amides is 1. The lowest BCUT2D eigenvalue weighted by atomic mass is 10.2. The van der Waals surface area contributed by atoms with Crippen molar-refractivity contribution in [2.45, 2.75) is 13.5 Å². The molecule has 7 nitrogen and oxygen atoms in total. The lowest BCUT2D eigenvalue weighted by Gasteiger charge is -2.06. The van der Waals surface area contributed by atoms with Crippen LogP contribution < -0.4 is 5.32 Å². The molecule has 0 radical (unpaired) electrons. The fourth-order valence-corrected chi connectivity index (χ4v) is 2.60. The number of aromatic nitrogens is 4. The molecule has 2 N–H and O–H groups in total. The van der Waals surface area contributed by atoms with Crippen LogP contribution >= 0.6 is 11.5 Å². The highest BCUT2D eigenvalue weighted by atomic mass is 32.1. The molecule has 0 bridgehead atoms. The Morgan fingerprint density at radius 1 is 1.36 bits per heavy atom. The van der Waals surface area contributed by atoms with Crippen LogP contribution in [0.2, 0.25) is 0 Å². The molecule has 3 aromatic rings. The van der Waals surface area contributed by atoms with Gasteiger partial charge in [0.25, 0.3) is 5.91 Å². The third kappa shape index (κ3) is 2.87. The summed E-state index contributed by atoms with van der Waals surface area (Å²) in [4.78, 5) is 12.1. The number of anilines is 1. The van der Waals surface area contributed by atoms with Gasteiger partial charge in [0.2, 0.25) is 0 Å². The van der Waals surface area contributed by atoms with Gasteiger partial charge >= 0.3 is 0 Å². The number of aryl methyl sites for hydroxylation is 1. The molecule has 22 heavy (non-hydrogen) atoms. The second kappa shape index (κ2) is 6.04. The Morgan fingerprint density at radius 3 is 2.73 bits per heavy atom. The molecule has 1 amide bonds. The van der Waals surface area contributed by atoms with Crippen LogP contribution in [0.4, 0.5) is 5.69 Å². The van der Waals surface area contributed by atoms with Crippen molar-refractivity contribution in [1.82, 2.24) is 19.4 Å². The van der Waals surface area contributed by atoms with Gasteiger partial charge in [0.15, 0.2) is 0 Å². The number of nitrogens with zero attached hydrogens (tertiary/aromatic N) is 4. The van der Waals surface area contributed by atoms with Crippen LogP contribution in [0, 0.1) is 6.92 Å². The van der Waals surface area contributed by atoms with Crippen molar-refractivity contribution in [3.05, 3.63) is 52.8 Å². The monoisotopic (exact) mass is 315 g/mol. The van der Waals surface area contributed by atoms with E-state index in [2.05, 4.69) is 20.0 Å². The summed E-state index contributed by atoms with van der Waals surface area (Å²) in [7, 11) is 0. The smallest absolute Gasteiger partial charge is 0.258 e. The van der Waals surface area contributed by atoms with E-state index < -0.39 is 0 Å². The summed E-state index contributed by atoms with van der Waals surface area (Å²) in [5.74, 6) is -0.178. The van der Waals surface area contributed by atoms with Crippen molar-refractivity contribution in [3.63, 3.8) is 0 Å². The third-order valence-electron chi connectivity index (χ3n) is 3.09. The Balaban J connectivity index is 1.74. The van der Waals surface area contributed by atoms with Crippen LogP contribution in [-0.2, 0) is 6.61 Å². The van der Waals surface area contributed by atoms with Gasteiger partial charge < -0.3 is 10.4 Å². The zero-order chi connectivity index (χ0) is 15.5. The van der Waals surface area contributed by atoms with E-state index in [1.807, 2.05) is 12.1 Å². The van der Waals surface area contributed by atoms with Gasteiger partial charge in [-0.1, -0.05) is 5.21 Å².